The van der Waals surface area contributed by atoms with E-state index >= 15 is 0 Å². The molecular formula is C10H15ClN2O2. The summed E-state index contributed by atoms with van der Waals surface area (Å²) >= 11 is 5.90. The van der Waals surface area contributed by atoms with E-state index in [-0.39, 0.29) is 13.2 Å². The molecule has 0 bridgehead atoms. The van der Waals surface area contributed by atoms with Gasteiger partial charge < -0.3 is 20.8 Å². The lowest BCUT2D eigenvalue weighted by molar-refractivity contribution is 0.311. The highest BCUT2D eigenvalue weighted by atomic mass is 35.5. The number of hydrogen-bond donors (Lipinski definition) is 4. The first-order chi connectivity index (χ1) is 7.26. The van der Waals surface area contributed by atoms with Gasteiger partial charge in [0.25, 0.3) is 0 Å². The second-order valence-electron chi connectivity index (χ2n) is 3.03. The summed E-state index contributed by atoms with van der Waals surface area (Å²) in [5, 5.41) is 24.0. The Morgan fingerprint density at radius 2 is 1.40 bits per heavy atom. The highest BCUT2D eigenvalue weighted by molar-refractivity contribution is 6.31. The van der Waals surface area contributed by atoms with Gasteiger partial charge in [-0.25, -0.2) is 0 Å². The smallest absolute Gasteiger partial charge is 0.0604 e. The number of benzene rings is 1. The Bertz CT molecular complexity index is 281. The second-order valence-corrected chi connectivity index (χ2v) is 3.47. The Kier molecular flexibility index (Phi) is 5.25. The molecule has 0 radical (unpaired) electrons. The lowest BCUT2D eigenvalue weighted by Gasteiger charge is -2.09. The van der Waals surface area contributed by atoms with Crippen molar-refractivity contribution in [2.45, 2.75) is 0 Å². The standard InChI is InChI=1S/C10H15ClN2O2/c11-8-5-9(12-1-3-14)7-10(6-8)13-2-4-15/h5-7,12-15H,1-4H2. The zero-order valence-electron chi connectivity index (χ0n) is 8.33. The number of aliphatic hydroxyl groups excluding tert-OH is 2. The summed E-state index contributed by atoms with van der Waals surface area (Å²) in [4.78, 5) is 0. The molecule has 0 amide bonds. The van der Waals surface area contributed by atoms with Gasteiger partial charge in [0.1, 0.15) is 0 Å². The summed E-state index contributed by atoms with van der Waals surface area (Å²) in [5.41, 5.74) is 1.69. The Hall–Kier alpha value is -0.970. The van der Waals surface area contributed by atoms with Crippen LogP contribution in [-0.2, 0) is 0 Å². The summed E-state index contributed by atoms with van der Waals surface area (Å²) < 4.78 is 0. The molecule has 0 aliphatic carbocycles. The molecule has 15 heavy (non-hydrogen) atoms. The topological polar surface area (TPSA) is 64.5 Å². The summed E-state index contributed by atoms with van der Waals surface area (Å²) in [6.45, 7) is 1.12. The summed E-state index contributed by atoms with van der Waals surface area (Å²) in [7, 11) is 0. The van der Waals surface area contributed by atoms with Gasteiger partial charge in [-0.3, -0.25) is 0 Å². The van der Waals surface area contributed by atoms with Crippen molar-refractivity contribution in [1.82, 2.24) is 0 Å². The summed E-state index contributed by atoms with van der Waals surface area (Å²) in [6, 6.07) is 5.43. The van der Waals surface area contributed by atoms with Crippen molar-refractivity contribution in [3.05, 3.63) is 23.2 Å². The van der Waals surface area contributed by atoms with Gasteiger partial charge in [-0.2, -0.15) is 0 Å². The van der Waals surface area contributed by atoms with E-state index in [1.807, 2.05) is 6.07 Å². The fourth-order valence-corrected chi connectivity index (χ4v) is 1.43. The van der Waals surface area contributed by atoms with Crippen molar-refractivity contribution in [3.8, 4) is 0 Å². The predicted molar refractivity (Wildman–Crippen MR) is 62.6 cm³/mol. The molecule has 0 atom stereocenters. The minimum atomic E-state index is 0.0753. The maximum absolute atomic E-state index is 8.66. The molecule has 5 heteroatoms. The first-order valence-corrected chi connectivity index (χ1v) is 5.14. The number of nitrogens with one attached hydrogen (secondary N) is 2. The fraction of sp³-hybridized carbons (Fsp3) is 0.400. The largest absolute Gasteiger partial charge is 0.395 e. The third-order valence-electron chi connectivity index (χ3n) is 1.78. The number of hydrogen-bond acceptors (Lipinski definition) is 4. The van der Waals surface area contributed by atoms with Crippen LogP contribution >= 0.6 is 11.6 Å². The molecule has 4 nitrogen and oxygen atoms in total. The fourth-order valence-electron chi connectivity index (χ4n) is 1.19. The molecule has 1 aromatic carbocycles. The van der Waals surface area contributed by atoms with Crippen molar-refractivity contribution in [2.24, 2.45) is 0 Å². The number of rotatable bonds is 6. The molecule has 0 fully saturated rings. The normalized spacial score (nSPS) is 10.1. The number of aliphatic hydroxyl groups is 2. The molecule has 0 aromatic heterocycles. The molecule has 0 spiro atoms. The van der Waals surface area contributed by atoms with Crippen LogP contribution < -0.4 is 10.6 Å². The van der Waals surface area contributed by atoms with E-state index in [2.05, 4.69) is 10.6 Å². The Morgan fingerprint density at radius 1 is 0.933 bits per heavy atom. The monoisotopic (exact) mass is 230 g/mol. The van der Waals surface area contributed by atoms with E-state index in [1.54, 1.807) is 12.1 Å². The van der Waals surface area contributed by atoms with E-state index in [4.69, 9.17) is 21.8 Å². The van der Waals surface area contributed by atoms with E-state index in [9.17, 15) is 0 Å². The zero-order valence-corrected chi connectivity index (χ0v) is 9.09. The maximum Gasteiger partial charge on any atom is 0.0604 e. The van der Waals surface area contributed by atoms with Crippen molar-refractivity contribution >= 4 is 23.0 Å². The summed E-state index contributed by atoms with van der Waals surface area (Å²) in [6.07, 6.45) is 0. The highest BCUT2D eigenvalue weighted by Crippen LogP contribution is 2.22. The van der Waals surface area contributed by atoms with Gasteiger partial charge >= 0.3 is 0 Å². The SMILES string of the molecule is OCCNc1cc(Cl)cc(NCCO)c1. The van der Waals surface area contributed by atoms with E-state index in [0.717, 1.165) is 11.4 Å². The van der Waals surface area contributed by atoms with Crippen LogP contribution in [0.5, 0.6) is 0 Å². The zero-order chi connectivity index (χ0) is 11.1. The van der Waals surface area contributed by atoms with Crippen LogP contribution in [0.15, 0.2) is 18.2 Å². The Labute approximate surface area is 93.9 Å². The van der Waals surface area contributed by atoms with Crippen LogP contribution in [0.1, 0.15) is 0 Å². The predicted octanol–water partition coefficient (Wildman–Crippen LogP) is 1.15. The Morgan fingerprint density at radius 3 is 1.80 bits per heavy atom. The molecule has 84 valence electrons. The van der Waals surface area contributed by atoms with E-state index in [1.165, 1.54) is 0 Å². The minimum absolute atomic E-state index is 0.0753. The number of anilines is 2. The molecule has 0 aliphatic rings. The quantitative estimate of drug-likeness (QED) is 0.592. The molecule has 1 rings (SSSR count). The van der Waals surface area contributed by atoms with Crippen molar-refractivity contribution in [1.29, 1.82) is 0 Å². The van der Waals surface area contributed by atoms with Crippen molar-refractivity contribution in [2.75, 3.05) is 36.9 Å². The van der Waals surface area contributed by atoms with Crippen LogP contribution in [0, 0.1) is 0 Å². The van der Waals surface area contributed by atoms with Gasteiger partial charge in [0.05, 0.1) is 13.2 Å². The minimum Gasteiger partial charge on any atom is -0.395 e. The van der Waals surface area contributed by atoms with Crippen LogP contribution in [-0.4, -0.2) is 36.5 Å². The molecule has 4 N–H and O–H groups in total. The van der Waals surface area contributed by atoms with Crippen molar-refractivity contribution < 1.29 is 10.2 Å². The first-order valence-electron chi connectivity index (χ1n) is 4.76. The number of halogens is 1. The third-order valence-corrected chi connectivity index (χ3v) is 2.00. The van der Waals surface area contributed by atoms with Gasteiger partial charge in [-0.15, -0.1) is 0 Å². The second kappa shape index (κ2) is 6.50. The highest BCUT2D eigenvalue weighted by Gasteiger charge is 1.98. The molecule has 1 aromatic rings. The van der Waals surface area contributed by atoms with Crippen LogP contribution in [0.2, 0.25) is 5.02 Å². The average Bonchev–Trinajstić information content (AvgIpc) is 2.23. The van der Waals surface area contributed by atoms with Gasteiger partial charge in [-0.1, -0.05) is 11.6 Å². The van der Waals surface area contributed by atoms with Crippen LogP contribution in [0.25, 0.3) is 0 Å². The van der Waals surface area contributed by atoms with Gasteiger partial charge in [-0.05, 0) is 18.2 Å². The molecule has 0 aliphatic heterocycles. The summed E-state index contributed by atoms with van der Waals surface area (Å²) in [5.74, 6) is 0. The van der Waals surface area contributed by atoms with E-state index in [0.29, 0.717) is 18.1 Å². The van der Waals surface area contributed by atoms with E-state index < -0.39 is 0 Å². The molecule has 0 saturated heterocycles. The van der Waals surface area contributed by atoms with Crippen molar-refractivity contribution in [3.63, 3.8) is 0 Å². The molecule has 0 unspecified atom stereocenters. The lowest BCUT2D eigenvalue weighted by Crippen LogP contribution is -2.08. The Balaban J connectivity index is 2.66. The van der Waals surface area contributed by atoms with Gasteiger partial charge in [0.2, 0.25) is 0 Å². The molecular weight excluding hydrogens is 216 g/mol. The third kappa shape index (κ3) is 4.38. The van der Waals surface area contributed by atoms with Gasteiger partial charge in [0.15, 0.2) is 0 Å². The van der Waals surface area contributed by atoms with Crippen LogP contribution in [0.3, 0.4) is 0 Å². The first kappa shape index (κ1) is 12.1. The van der Waals surface area contributed by atoms with Crippen LogP contribution in [0.4, 0.5) is 11.4 Å². The molecule has 0 heterocycles. The lowest BCUT2D eigenvalue weighted by atomic mass is 10.2. The molecule has 0 saturated carbocycles. The van der Waals surface area contributed by atoms with Gasteiger partial charge in [0, 0.05) is 29.5 Å². The average molecular weight is 231 g/mol. The maximum atomic E-state index is 8.66.